The molecule has 1 aromatic carbocycles. The van der Waals surface area contributed by atoms with Crippen LogP contribution in [0.1, 0.15) is 31.2 Å². The summed E-state index contributed by atoms with van der Waals surface area (Å²) < 4.78 is 7.16. The number of hydrogen-bond donors (Lipinski definition) is 1. The summed E-state index contributed by atoms with van der Waals surface area (Å²) in [7, 11) is 0. The number of ether oxygens (including phenoxy) is 1. The largest absolute Gasteiger partial charge is 0.489 e. The number of benzene rings is 1. The van der Waals surface area contributed by atoms with Crippen molar-refractivity contribution in [2.45, 2.75) is 38.7 Å². The Morgan fingerprint density at radius 2 is 2.12 bits per heavy atom. The van der Waals surface area contributed by atoms with E-state index in [1.165, 1.54) is 24.8 Å². The van der Waals surface area contributed by atoms with Crippen molar-refractivity contribution in [3.05, 3.63) is 28.2 Å². The summed E-state index contributed by atoms with van der Waals surface area (Å²) in [5.41, 5.74) is 7.06. The van der Waals surface area contributed by atoms with E-state index in [1.54, 1.807) is 0 Å². The van der Waals surface area contributed by atoms with E-state index < -0.39 is 0 Å². The van der Waals surface area contributed by atoms with Gasteiger partial charge in [0.25, 0.3) is 0 Å². The first-order valence-corrected chi connectivity index (χ1v) is 7.13. The summed E-state index contributed by atoms with van der Waals surface area (Å²) in [5, 5.41) is 0. The molecule has 17 heavy (non-hydrogen) atoms. The Kier molecular flexibility index (Phi) is 4.46. The molecule has 2 N–H and O–H groups in total. The number of nitrogens with two attached hydrogens (primary N) is 1. The molecule has 0 spiro atoms. The van der Waals surface area contributed by atoms with Crippen LogP contribution in [0.2, 0.25) is 0 Å². The smallest absolute Gasteiger partial charge is 0.133 e. The van der Waals surface area contributed by atoms with E-state index >= 15 is 0 Å². The van der Waals surface area contributed by atoms with Gasteiger partial charge in [-0.3, -0.25) is 0 Å². The molecule has 0 amide bonds. The van der Waals surface area contributed by atoms with Crippen molar-refractivity contribution in [3.8, 4) is 5.75 Å². The Bertz CT molecular complexity index is 380. The molecular formula is C14H20BrNO. The second kappa shape index (κ2) is 5.87. The standard InChI is InChI=1S/C14H20BrNO/c1-10-6-7-14(12(15)8-10)17-13-5-3-2-4-11(13)9-16/h6-8,11,13H,2-5,9,16H2,1H3. The molecule has 1 aliphatic rings. The van der Waals surface area contributed by atoms with Crippen molar-refractivity contribution in [2.75, 3.05) is 6.54 Å². The van der Waals surface area contributed by atoms with Crippen molar-refractivity contribution >= 4 is 15.9 Å². The summed E-state index contributed by atoms with van der Waals surface area (Å²) in [5.74, 6) is 1.46. The third-order valence-electron chi connectivity index (χ3n) is 3.51. The van der Waals surface area contributed by atoms with Crippen LogP contribution < -0.4 is 10.5 Å². The molecule has 1 aliphatic carbocycles. The lowest BCUT2D eigenvalue weighted by molar-refractivity contribution is 0.0962. The van der Waals surface area contributed by atoms with Gasteiger partial charge in [-0.2, -0.15) is 0 Å². The predicted octanol–water partition coefficient (Wildman–Crippen LogP) is 3.65. The first-order valence-electron chi connectivity index (χ1n) is 6.33. The molecule has 1 aromatic rings. The van der Waals surface area contributed by atoms with E-state index in [0.717, 1.165) is 23.2 Å². The van der Waals surface area contributed by atoms with E-state index in [-0.39, 0.29) is 6.10 Å². The minimum atomic E-state index is 0.285. The van der Waals surface area contributed by atoms with Gasteiger partial charge in [-0.15, -0.1) is 0 Å². The molecule has 2 atom stereocenters. The van der Waals surface area contributed by atoms with Crippen LogP contribution in [-0.4, -0.2) is 12.6 Å². The third-order valence-corrected chi connectivity index (χ3v) is 4.13. The molecule has 2 rings (SSSR count). The average Bonchev–Trinajstić information content (AvgIpc) is 2.33. The van der Waals surface area contributed by atoms with Crippen LogP contribution in [-0.2, 0) is 0 Å². The van der Waals surface area contributed by atoms with Gasteiger partial charge >= 0.3 is 0 Å². The highest BCUT2D eigenvalue weighted by Crippen LogP contribution is 2.32. The fourth-order valence-corrected chi connectivity index (χ4v) is 3.05. The van der Waals surface area contributed by atoms with Crippen LogP contribution in [0, 0.1) is 12.8 Å². The quantitative estimate of drug-likeness (QED) is 0.924. The Balaban J connectivity index is 2.08. The molecule has 0 radical (unpaired) electrons. The van der Waals surface area contributed by atoms with E-state index in [2.05, 4.69) is 35.0 Å². The summed E-state index contributed by atoms with van der Waals surface area (Å²) in [6.07, 6.45) is 5.15. The van der Waals surface area contributed by atoms with Gasteiger partial charge < -0.3 is 10.5 Å². The van der Waals surface area contributed by atoms with E-state index in [4.69, 9.17) is 10.5 Å². The number of rotatable bonds is 3. The maximum atomic E-state index is 6.12. The lowest BCUT2D eigenvalue weighted by atomic mass is 9.86. The first kappa shape index (κ1) is 12.9. The van der Waals surface area contributed by atoms with Crippen molar-refractivity contribution in [3.63, 3.8) is 0 Å². The molecule has 2 unspecified atom stereocenters. The highest BCUT2D eigenvalue weighted by atomic mass is 79.9. The minimum absolute atomic E-state index is 0.285. The lowest BCUT2D eigenvalue weighted by Crippen LogP contribution is -2.35. The summed E-state index contributed by atoms with van der Waals surface area (Å²) in [6, 6.07) is 6.22. The first-order chi connectivity index (χ1) is 8.20. The van der Waals surface area contributed by atoms with Crippen LogP contribution in [0.3, 0.4) is 0 Å². The molecule has 0 heterocycles. The highest BCUT2D eigenvalue weighted by Gasteiger charge is 2.25. The van der Waals surface area contributed by atoms with Crippen molar-refractivity contribution in [2.24, 2.45) is 11.7 Å². The molecule has 1 saturated carbocycles. The van der Waals surface area contributed by atoms with Gasteiger partial charge in [-0.1, -0.05) is 12.5 Å². The fraction of sp³-hybridized carbons (Fsp3) is 0.571. The summed E-state index contributed by atoms with van der Waals surface area (Å²) in [6.45, 7) is 2.81. The van der Waals surface area contributed by atoms with E-state index in [0.29, 0.717) is 5.92 Å². The molecule has 0 bridgehead atoms. The van der Waals surface area contributed by atoms with Crippen LogP contribution in [0.4, 0.5) is 0 Å². The molecule has 3 heteroatoms. The number of aryl methyl sites for hydroxylation is 1. The summed E-state index contributed by atoms with van der Waals surface area (Å²) in [4.78, 5) is 0. The Morgan fingerprint density at radius 3 is 2.82 bits per heavy atom. The number of hydrogen-bond acceptors (Lipinski definition) is 2. The van der Waals surface area contributed by atoms with Crippen molar-refractivity contribution in [1.82, 2.24) is 0 Å². The molecule has 94 valence electrons. The monoisotopic (exact) mass is 297 g/mol. The van der Waals surface area contributed by atoms with Gasteiger partial charge in [0.1, 0.15) is 11.9 Å². The molecule has 1 fully saturated rings. The van der Waals surface area contributed by atoms with Crippen LogP contribution in [0.25, 0.3) is 0 Å². The van der Waals surface area contributed by atoms with Gasteiger partial charge in [-0.25, -0.2) is 0 Å². The van der Waals surface area contributed by atoms with Crippen LogP contribution in [0.15, 0.2) is 22.7 Å². The second-order valence-electron chi connectivity index (χ2n) is 4.87. The Hall–Kier alpha value is -0.540. The second-order valence-corrected chi connectivity index (χ2v) is 5.72. The number of halogens is 1. The normalized spacial score (nSPS) is 24.6. The molecule has 2 nitrogen and oxygen atoms in total. The molecule has 0 saturated heterocycles. The van der Waals surface area contributed by atoms with Crippen LogP contribution in [0.5, 0.6) is 5.75 Å². The zero-order chi connectivity index (χ0) is 12.3. The lowest BCUT2D eigenvalue weighted by Gasteiger charge is -2.31. The van der Waals surface area contributed by atoms with Gasteiger partial charge in [0.05, 0.1) is 4.47 Å². The van der Waals surface area contributed by atoms with Crippen molar-refractivity contribution < 1.29 is 4.74 Å². The third kappa shape index (κ3) is 3.23. The minimum Gasteiger partial charge on any atom is -0.489 e. The Morgan fingerprint density at radius 1 is 1.35 bits per heavy atom. The Labute approximate surface area is 112 Å². The topological polar surface area (TPSA) is 35.2 Å². The van der Waals surface area contributed by atoms with Gasteiger partial charge in [0, 0.05) is 5.92 Å². The molecule has 0 aliphatic heterocycles. The maximum absolute atomic E-state index is 6.12. The zero-order valence-corrected chi connectivity index (χ0v) is 11.9. The van der Waals surface area contributed by atoms with Gasteiger partial charge in [-0.05, 0) is 66.4 Å². The predicted molar refractivity (Wildman–Crippen MR) is 74.3 cm³/mol. The van der Waals surface area contributed by atoms with Crippen molar-refractivity contribution in [1.29, 1.82) is 0 Å². The zero-order valence-electron chi connectivity index (χ0n) is 10.3. The maximum Gasteiger partial charge on any atom is 0.133 e. The molecular weight excluding hydrogens is 278 g/mol. The highest BCUT2D eigenvalue weighted by molar-refractivity contribution is 9.10. The fourth-order valence-electron chi connectivity index (χ4n) is 2.46. The van der Waals surface area contributed by atoms with Gasteiger partial charge in [0.15, 0.2) is 0 Å². The SMILES string of the molecule is Cc1ccc(OC2CCCCC2CN)c(Br)c1. The summed E-state index contributed by atoms with van der Waals surface area (Å²) >= 11 is 3.56. The van der Waals surface area contributed by atoms with Gasteiger partial charge in [0.2, 0.25) is 0 Å². The van der Waals surface area contributed by atoms with E-state index in [1.807, 2.05) is 6.07 Å². The molecule has 0 aromatic heterocycles. The van der Waals surface area contributed by atoms with Crippen LogP contribution >= 0.6 is 15.9 Å². The van der Waals surface area contributed by atoms with E-state index in [9.17, 15) is 0 Å². The average molecular weight is 298 g/mol.